The van der Waals surface area contributed by atoms with Crippen molar-refractivity contribution in [3.63, 3.8) is 0 Å². The fraction of sp³-hybridized carbons (Fsp3) is 0.579. The molecule has 138 valence electrons. The Hall–Kier alpha value is -2.24. The van der Waals surface area contributed by atoms with Gasteiger partial charge in [-0.2, -0.15) is 0 Å². The van der Waals surface area contributed by atoms with Crippen molar-refractivity contribution in [1.82, 2.24) is 5.32 Å². The SMILES string of the molecule is COc1cc(C)c(C(C)NC(=O)C2CCCC(C(=O)O)C2)cc1OC. The zero-order valence-corrected chi connectivity index (χ0v) is 15.3. The summed E-state index contributed by atoms with van der Waals surface area (Å²) < 4.78 is 10.6. The standard InChI is InChI=1S/C19H27NO5/c1-11-8-16(24-3)17(25-4)10-15(11)12(2)20-18(21)13-6-5-7-14(9-13)19(22)23/h8,10,12-14H,5-7,9H2,1-4H3,(H,20,21)(H,22,23). The average molecular weight is 349 g/mol. The minimum Gasteiger partial charge on any atom is -0.493 e. The molecule has 1 aromatic carbocycles. The Labute approximate surface area is 148 Å². The van der Waals surface area contributed by atoms with Gasteiger partial charge in [0.1, 0.15) is 0 Å². The smallest absolute Gasteiger partial charge is 0.306 e. The Bertz CT molecular complexity index is 643. The molecule has 0 aliphatic heterocycles. The summed E-state index contributed by atoms with van der Waals surface area (Å²) in [7, 11) is 3.17. The van der Waals surface area contributed by atoms with Crippen molar-refractivity contribution in [3.8, 4) is 11.5 Å². The molecule has 1 saturated carbocycles. The van der Waals surface area contributed by atoms with Crippen LogP contribution in [0.25, 0.3) is 0 Å². The van der Waals surface area contributed by atoms with Gasteiger partial charge in [0, 0.05) is 5.92 Å². The molecule has 1 amide bonds. The van der Waals surface area contributed by atoms with Crippen molar-refractivity contribution in [2.24, 2.45) is 11.8 Å². The number of hydrogen-bond acceptors (Lipinski definition) is 4. The summed E-state index contributed by atoms with van der Waals surface area (Å²) >= 11 is 0. The highest BCUT2D eigenvalue weighted by molar-refractivity contribution is 5.80. The van der Waals surface area contributed by atoms with Crippen LogP contribution in [0, 0.1) is 18.8 Å². The molecular formula is C19H27NO5. The van der Waals surface area contributed by atoms with Crippen LogP contribution >= 0.6 is 0 Å². The average Bonchev–Trinajstić information content (AvgIpc) is 2.61. The first-order chi connectivity index (χ1) is 11.9. The molecule has 25 heavy (non-hydrogen) atoms. The summed E-state index contributed by atoms with van der Waals surface area (Å²) in [4.78, 5) is 23.8. The third-order valence-electron chi connectivity index (χ3n) is 4.99. The van der Waals surface area contributed by atoms with Gasteiger partial charge in [-0.3, -0.25) is 9.59 Å². The Morgan fingerprint density at radius 2 is 1.76 bits per heavy atom. The highest BCUT2D eigenvalue weighted by Crippen LogP contribution is 2.34. The number of rotatable bonds is 6. The van der Waals surface area contributed by atoms with Crippen molar-refractivity contribution in [2.45, 2.75) is 45.6 Å². The minimum atomic E-state index is -0.804. The van der Waals surface area contributed by atoms with Crippen LogP contribution in [0.2, 0.25) is 0 Å². The molecule has 0 bridgehead atoms. The Balaban J connectivity index is 2.09. The quantitative estimate of drug-likeness (QED) is 0.824. The number of carbonyl (C=O) groups excluding carboxylic acids is 1. The first-order valence-corrected chi connectivity index (χ1v) is 8.63. The van der Waals surface area contributed by atoms with E-state index in [1.54, 1.807) is 14.2 Å². The first-order valence-electron chi connectivity index (χ1n) is 8.63. The van der Waals surface area contributed by atoms with E-state index < -0.39 is 11.9 Å². The lowest BCUT2D eigenvalue weighted by molar-refractivity contribution is -0.144. The summed E-state index contributed by atoms with van der Waals surface area (Å²) in [6.45, 7) is 3.88. The van der Waals surface area contributed by atoms with Crippen LogP contribution < -0.4 is 14.8 Å². The number of aliphatic carboxylic acids is 1. The number of nitrogens with one attached hydrogen (secondary N) is 1. The van der Waals surface area contributed by atoms with E-state index in [1.165, 1.54) is 0 Å². The van der Waals surface area contributed by atoms with Crippen LogP contribution in [0.1, 0.15) is 49.8 Å². The van der Waals surface area contributed by atoms with E-state index >= 15 is 0 Å². The van der Waals surface area contributed by atoms with E-state index in [-0.39, 0.29) is 17.9 Å². The van der Waals surface area contributed by atoms with Crippen LogP contribution in [0.3, 0.4) is 0 Å². The minimum absolute atomic E-state index is 0.0763. The van der Waals surface area contributed by atoms with E-state index in [9.17, 15) is 14.7 Å². The monoisotopic (exact) mass is 349 g/mol. The Kier molecular flexibility index (Phi) is 6.28. The summed E-state index contributed by atoms with van der Waals surface area (Å²) in [5, 5.41) is 12.2. The van der Waals surface area contributed by atoms with Crippen molar-refractivity contribution in [1.29, 1.82) is 0 Å². The number of benzene rings is 1. The van der Waals surface area contributed by atoms with E-state index in [4.69, 9.17) is 9.47 Å². The molecule has 0 radical (unpaired) electrons. The van der Waals surface area contributed by atoms with Crippen molar-refractivity contribution in [2.75, 3.05) is 14.2 Å². The topological polar surface area (TPSA) is 84.9 Å². The molecule has 2 rings (SSSR count). The highest BCUT2D eigenvalue weighted by Gasteiger charge is 2.31. The molecule has 1 aliphatic rings. The van der Waals surface area contributed by atoms with Crippen LogP contribution in [0.15, 0.2) is 12.1 Å². The third kappa shape index (κ3) is 4.44. The molecule has 0 heterocycles. The summed E-state index contributed by atoms with van der Waals surface area (Å²) in [6, 6.07) is 3.57. The lowest BCUT2D eigenvalue weighted by Gasteiger charge is -2.27. The van der Waals surface area contributed by atoms with Crippen LogP contribution in [0.5, 0.6) is 11.5 Å². The van der Waals surface area contributed by atoms with Gasteiger partial charge in [-0.15, -0.1) is 0 Å². The van der Waals surface area contributed by atoms with Gasteiger partial charge in [0.15, 0.2) is 11.5 Å². The Morgan fingerprint density at radius 1 is 1.16 bits per heavy atom. The van der Waals surface area contributed by atoms with Crippen molar-refractivity contribution in [3.05, 3.63) is 23.3 Å². The highest BCUT2D eigenvalue weighted by atomic mass is 16.5. The zero-order chi connectivity index (χ0) is 18.6. The van der Waals surface area contributed by atoms with E-state index in [0.717, 1.165) is 24.0 Å². The van der Waals surface area contributed by atoms with Crippen molar-refractivity contribution >= 4 is 11.9 Å². The van der Waals surface area contributed by atoms with Gasteiger partial charge in [0.05, 0.1) is 26.2 Å². The van der Waals surface area contributed by atoms with Gasteiger partial charge in [-0.1, -0.05) is 6.42 Å². The van der Waals surface area contributed by atoms with Gasteiger partial charge in [0.25, 0.3) is 0 Å². The second-order valence-corrected chi connectivity index (χ2v) is 6.69. The molecule has 1 aliphatic carbocycles. The molecule has 3 atom stereocenters. The van der Waals surface area contributed by atoms with Crippen LogP contribution in [-0.2, 0) is 9.59 Å². The maximum Gasteiger partial charge on any atom is 0.306 e. The maximum absolute atomic E-state index is 12.6. The fourth-order valence-electron chi connectivity index (χ4n) is 3.52. The molecule has 6 nitrogen and oxygen atoms in total. The van der Waals surface area contributed by atoms with Gasteiger partial charge in [-0.05, 0) is 56.4 Å². The molecular weight excluding hydrogens is 322 g/mol. The second kappa shape index (κ2) is 8.23. The molecule has 3 unspecified atom stereocenters. The van der Waals surface area contributed by atoms with E-state index in [2.05, 4.69) is 5.32 Å². The first kappa shape index (κ1) is 19.1. The third-order valence-corrected chi connectivity index (χ3v) is 4.99. The predicted molar refractivity (Wildman–Crippen MR) is 93.9 cm³/mol. The molecule has 1 aromatic rings. The van der Waals surface area contributed by atoms with Crippen LogP contribution in [-0.4, -0.2) is 31.2 Å². The normalized spacial score (nSPS) is 21.3. The number of carboxylic acid groups (broad SMARTS) is 1. The zero-order valence-electron chi connectivity index (χ0n) is 15.3. The molecule has 0 saturated heterocycles. The molecule has 1 fully saturated rings. The number of methoxy groups -OCH3 is 2. The van der Waals surface area contributed by atoms with Gasteiger partial charge < -0.3 is 19.9 Å². The molecule has 2 N–H and O–H groups in total. The van der Waals surface area contributed by atoms with Gasteiger partial charge >= 0.3 is 5.97 Å². The lowest BCUT2D eigenvalue weighted by atomic mass is 9.81. The van der Waals surface area contributed by atoms with Crippen molar-refractivity contribution < 1.29 is 24.2 Å². The van der Waals surface area contributed by atoms with E-state index in [1.807, 2.05) is 26.0 Å². The van der Waals surface area contributed by atoms with Gasteiger partial charge in [0.2, 0.25) is 5.91 Å². The largest absolute Gasteiger partial charge is 0.493 e. The number of amides is 1. The van der Waals surface area contributed by atoms with E-state index in [0.29, 0.717) is 24.3 Å². The number of carbonyl (C=O) groups is 2. The number of hydrogen-bond donors (Lipinski definition) is 2. The predicted octanol–water partition coefficient (Wildman–Crippen LogP) is 3.08. The van der Waals surface area contributed by atoms with Crippen LogP contribution in [0.4, 0.5) is 0 Å². The number of ether oxygens (including phenoxy) is 2. The summed E-state index contributed by atoms with van der Waals surface area (Å²) in [5.41, 5.74) is 1.95. The molecule has 0 aromatic heterocycles. The number of carboxylic acids is 1. The maximum atomic E-state index is 12.6. The second-order valence-electron chi connectivity index (χ2n) is 6.69. The summed E-state index contributed by atoms with van der Waals surface area (Å²) in [5.74, 6) is -0.263. The molecule has 0 spiro atoms. The van der Waals surface area contributed by atoms with Gasteiger partial charge in [-0.25, -0.2) is 0 Å². The fourth-order valence-corrected chi connectivity index (χ4v) is 3.52. The summed E-state index contributed by atoms with van der Waals surface area (Å²) in [6.07, 6.45) is 2.59. The molecule has 6 heteroatoms. The number of aryl methyl sites for hydroxylation is 1. The lowest BCUT2D eigenvalue weighted by Crippen LogP contribution is -2.36. The Morgan fingerprint density at radius 3 is 2.36 bits per heavy atom.